The van der Waals surface area contributed by atoms with Crippen LogP contribution in [0.25, 0.3) is 0 Å². The summed E-state index contributed by atoms with van der Waals surface area (Å²) in [4.78, 5) is 23.0. The summed E-state index contributed by atoms with van der Waals surface area (Å²) in [5.41, 5.74) is 1.44. The molecule has 0 amide bonds. The van der Waals surface area contributed by atoms with Crippen molar-refractivity contribution in [3.63, 3.8) is 0 Å². The van der Waals surface area contributed by atoms with Crippen LogP contribution in [0.15, 0.2) is 25.9 Å². The van der Waals surface area contributed by atoms with Crippen LogP contribution in [0.5, 0.6) is 0 Å². The Morgan fingerprint density at radius 1 is 1.35 bits per heavy atom. The Morgan fingerprint density at radius 3 is 2.87 bits per heavy atom. The number of aromatic nitrogens is 5. The van der Waals surface area contributed by atoms with Crippen molar-refractivity contribution >= 4 is 23.1 Å². The van der Waals surface area contributed by atoms with E-state index in [1.807, 2.05) is 19.2 Å². The number of nitrogens with zero attached hydrogens (tertiary/aromatic N) is 4. The zero-order valence-corrected chi connectivity index (χ0v) is 14.5. The van der Waals surface area contributed by atoms with E-state index in [4.69, 9.17) is 4.42 Å². The summed E-state index contributed by atoms with van der Waals surface area (Å²) in [6.07, 6.45) is 0.520. The third kappa shape index (κ3) is 4.05. The van der Waals surface area contributed by atoms with Crippen molar-refractivity contribution in [1.82, 2.24) is 25.1 Å². The lowest BCUT2D eigenvalue weighted by atomic mass is 10.3. The Morgan fingerprint density at radius 2 is 2.17 bits per heavy atom. The molecule has 7 nitrogen and oxygen atoms in total. The van der Waals surface area contributed by atoms with Crippen molar-refractivity contribution in [1.29, 1.82) is 0 Å². The number of thioether (sulfide) groups is 1. The molecule has 0 spiro atoms. The minimum absolute atomic E-state index is 0.0996. The standard InChI is InChI=1S/C14H15N5O2S2/c1-7-4-11(20)17-13(15-7)8(2)23-14-19-18-12(21-14)5-10-6-22-9(3)16-10/h4,6,8H,5H2,1-3H3,(H,15,17,20)/t8-/m1/s1. The summed E-state index contributed by atoms with van der Waals surface area (Å²) < 4.78 is 5.64. The largest absolute Gasteiger partial charge is 0.416 e. The average molecular weight is 349 g/mol. The zero-order chi connectivity index (χ0) is 16.4. The molecule has 1 N–H and O–H groups in total. The Hall–Kier alpha value is -2.00. The molecule has 0 unspecified atom stereocenters. The second kappa shape index (κ2) is 6.63. The van der Waals surface area contributed by atoms with Gasteiger partial charge in [0.15, 0.2) is 0 Å². The van der Waals surface area contributed by atoms with Gasteiger partial charge in [-0.15, -0.1) is 21.5 Å². The van der Waals surface area contributed by atoms with Gasteiger partial charge in [-0.3, -0.25) is 4.79 Å². The second-order valence-corrected chi connectivity index (χ2v) is 7.38. The van der Waals surface area contributed by atoms with E-state index >= 15 is 0 Å². The maximum atomic E-state index is 11.5. The fourth-order valence-electron chi connectivity index (χ4n) is 2.00. The molecule has 1 atom stereocenters. The van der Waals surface area contributed by atoms with Crippen LogP contribution in [0.1, 0.15) is 40.3 Å². The maximum absolute atomic E-state index is 11.5. The lowest BCUT2D eigenvalue weighted by Gasteiger charge is -2.07. The van der Waals surface area contributed by atoms with Gasteiger partial charge in [0, 0.05) is 17.1 Å². The van der Waals surface area contributed by atoms with Crippen molar-refractivity contribution < 1.29 is 4.42 Å². The number of thiazole rings is 1. The van der Waals surface area contributed by atoms with Crippen molar-refractivity contribution in [2.24, 2.45) is 0 Å². The molecule has 0 aliphatic heterocycles. The van der Waals surface area contributed by atoms with E-state index in [0.29, 0.717) is 29.1 Å². The first-order valence-electron chi connectivity index (χ1n) is 6.97. The van der Waals surface area contributed by atoms with E-state index in [-0.39, 0.29) is 10.8 Å². The van der Waals surface area contributed by atoms with Gasteiger partial charge in [0.1, 0.15) is 5.82 Å². The molecule has 3 aromatic heterocycles. The third-order valence-electron chi connectivity index (χ3n) is 3.00. The Bertz CT molecular complexity index is 870. The molecule has 3 rings (SSSR count). The first-order valence-corrected chi connectivity index (χ1v) is 8.73. The smallest absolute Gasteiger partial charge is 0.277 e. The van der Waals surface area contributed by atoms with Gasteiger partial charge >= 0.3 is 0 Å². The van der Waals surface area contributed by atoms with E-state index in [2.05, 4.69) is 25.1 Å². The van der Waals surface area contributed by atoms with E-state index in [9.17, 15) is 4.79 Å². The van der Waals surface area contributed by atoms with Gasteiger partial charge in [-0.05, 0) is 20.8 Å². The molecule has 0 saturated carbocycles. The fourth-order valence-corrected chi connectivity index (χ4v) is 3.37. The fraction of sp³-hybridized carbons (Fsp3) is 0.357. The summed E-state index contributed by atoms with van der Waals surface area (Å²) in [7, 11) is 0. The monoisotopic (exact) mass is 349 g/mol. The van der Waals surface area contributed by atoms with Crippen LogP contribution in [0.4, 0.5) is 0 Å². The highest BCUT2D eigenvalue weighted by Gasteiger charge is 2.16. The quantitative estimate of drug-likeness (QED) is 0.707. The van der Waals surface area contributed by atoms with Crippen molar-refractivity contribution in [2.75, 3.05) is 0 Å². The van der Waals surface area contributed by atoms with Gasteiger partial charge < -0.3 is 9.40 Å². The number of hydrogen-bond acceptors (Lipinski definition) is 8. The molecule has 0 aromatic carbocycles. The van der Waals surface area contributed by atoms with Crippen molar-refractivity contribution in [3.05, 3.63) is 49.9 Å². The Labute approximate surface area is 140 Å². The minimum atomic E-state index is -0.162. The van der Waals surface area contributed by atoms with Gasteiger partial charge in [-0.1, -0.05) is 11.8 Å². The molecule has 23 heavy (non-hydrogen) atoms. The number of H-pyrrole nitrogens is 1. The van der Waals surface area contributed by atoms with Crippen molar-refractivity contribution in [2.45, 2.75) is 37.7 Å². The van der Waals surface area contributed by atoms with Crippen LogP contribution in [0.3, 0.4) is 0 Å². The van der Waals surface area contributed by atoms with Gasteiger partial charge in [0.05, 0.1) is 22.4 Å². The SMILES string of the molecule is Cc1cc(=O)[nH]c([C@@H](C)Sc2nnc(Cc3csc(C)n3)o2)n1. The van der Waals surface area contributed by atoms with Gasteiger partial charge in [0.2, 0.25) is 5.89 Å². The number of aromatic amines is 1. The van der Waals surface area contributed by atoms with Gasteiger partial charge in [-0.25, -0.2) is 9.97 Å². The van der Waals surface area contributed by atoms with Gasteiger partial charge in [-0.2, -0.15) is 0 Å². The molecule has 3 aromatic rings. The molecule has 0 fully saturated rings. The predicted octanol–water partition coefficient (Wildman–Crippen LogP) is 2.67. The molecule has 3 heterocycles. The number of nitrogens with one attached hydrogen (secondary N) is 1. The molecule has 0 saturated heterocycles. The Kier molecular flexibility index (Phi) is 4.58. The first kappa shape index (κ1) is 15.9. The highest BCUT2D eigenvalue weighted by molar-refractivity contribution is 7.99. The van der Waals surface area contributed by atoms with E-state index in [1.54, 1.807) is 18.3 Å². The number of aryl methyl sites for hydroxylation is 2. The maximum Gasteiger partial charge on any atom is 0.277 e. The van der Waals surface area contributed by atoms with Crippen LogP contribution < -0.4 is 5.56 Å². The minimum Gasteiger partial charge on any atom is -0.416 e. The molecule has 120 valence electrons. The average Bonchev–Trinajstić information content (AvgIpc) is 3.07. The molecule has 0 aliphatic rings. The summed E-state index contributed by atoms with van der Waals surface area (Å²) in [6.45, 7) is 5.67. The lowest BCUT2D eigenvalue weighted by Crippen LogP contribution is -2.12. The summed E-state index contributed by atoms with van der Waals surface area (Å²) in [6, 6.07) is 1.46. The second-order valence-electron chi connectivity index (χ2n) is 5.03. The van der Waals surface area contributed by atoms with Crippen LogP contribution in [0.2, 0.25) is 0 Å². The van der Waals surface area contributed by atoms with E-state index in [0.717, 1.165) is 10.7 Å². The highest BCUT2D eigenvalue weighted by atomic mass is 32.2. The predicted molar refractivity (Wildman–Crippen MR) is 87.8 cm³/mol. The van der Waals surface area contributed by atoms with Gasteiger partial charge in [0.25, 0.3) is 10.8 Å². The molecule has 0 aliphatic carbocycles. The topological polar surface area (TPSA) is 97.6 Å². The lowest BCUT2D eigenvalue weighted by molar-refractivity contribution is 0.418. The third-order valence-corrected chi connectivity index (χ3v) is 4.76. The Balaban J connectivity index is 1.69. The summed E-state index contributed by atoms with van der Waals surface area (Å²) >= 11 is 2.95. The summed E-state index contributed by atoms with van der Waals surface area (Å²) in [5, 5.41) is 11.4. The molecule has 0 radical (unpaired) electrons. The zero-order valence-electron chi connectivity index (χ0n) is 12.9. The molecule has 0 bridgehead atoms. The van der Waals surface area contributed by atoms with E-state index < -0.39 is 0 Å². The number of hydrogen-bond donors (Lipinski definition) is 1. The van der Waals surface area contributed by atoms with Crippen LogP contribution in [-0.2, 0) is 6.42 Å². The van der Waals surface area contributed by atoms with E-state index in [1.165, 1.54) is 17.8 Å². The van der Waals surface area contributed by atoms with Crippen LogP contribution in [0, 0.1) is 13.8 Å². The van der Waals surface area contributed by atoms with Crippen LogP contribution in [-0.4, -0.2) is 25.1 Å². The summed E-state index contributed by atoms with van der Waals surface area (Å²) in [5.74, 6) is 1.12. The van der Waals surface area contributed by atoms with Crippen molar-refractivity contribution in [3.8, 4) is 0 Å². The first-order chi connectivity index (χ1) is 11.0. The molecular weight excluding hydrogens is 334 g/mol. The molecule has 9 heteroatoms. The number of rotatable bonds is 5. The van der Waals surface area contributed by atoms with Crippen LogP contribution >= 0.6 is 23.1 Å². The highest BCUT2D eigenvalue weighted by Crippen LogP contribution is 2.31. The normalized spacial score (nSPS) is 12.5. The molecular formula is C14H15N5O2S2.